The Labute approximate surface area is 76.7 Å². The summed E-state index contributed by atoms with van der Waals surface area (Å²) in [6.07, 6.45) is 5.13. The second-order valence-electron chi connectivity index (χ2n) is 3.22. The van der Waals surface area contributed by atoms with E-state index >= 15 is 0 Å². The highest BCUT2D eigenvalue weighted by Gasteiger charge is 2.26. The van der Waals surface area contributed by atoms with Gasteiger partial charge in [-0.05, 0) is 24.5 Å². The molecule has 1 saturated heterocycles. The number of hydrogen-bond acceptors (Lipinski definition) is 3. The topological polar surface area (TPSA) is 39.2 Å². The van der Waals surface area contributed by atoms with Crippen LogP contribution in [0.15, 0.2) is 24.5 Å². The Kier molecular flexibility index (Phi) is 2.25. The van der Waals surface area contributed by atoms with E-state index < -0.39 is 0 Å². The predicted molar refractivity (Wildman–Crippen MR) is 47.0 cm³/mol. The molecule has 2 heterocycles. The number of ether oxygens (including phenoxy) is 1. The summed E-state index contributed by atoms with van der Waals surface area (Å²) in [5.41, 5.74) is 1.10. The molecule has 0 N–H and O–H groups in total. The molecule has 1 aromatic rings. The zero-order chi connectivity index (χ0) is 9.10. The average molecular weight is 177 g/mol. The molecule has 0 spiro atoms. The van der Waals surface area contributed by atoms with Crippen molar-refractivity contribution in [1.29, 1.82) is 0 Å². The van der Waals surface area contributed by atoms with Gasteiger partial charge in [0.15, 0.2) is 0 Å². The van der Waals surface area contributed by atoms with Crippen LogP contribution >= 0.6 is 0 Å². The fraction of sp³-hybridized carbons (Fsp3) is 0.400. The van der Waals surface area contributed by atoms with E-state index in [0.717, 1.165) is 18.4 Å². The monoisotopic (exact) mass is 177 g/mol. The quantitative estimate of drug-likeness (QED) is 0.637. The third kappa shape index (κ3) is 1.86. The molecule has 3 heteroatoms. The van der Waals surface area contributed by atoms with Crippen LogP contribution in [0.25, 0.3) is 0 Å². The molecule has 68 valence electrons. The summed E-state index contributed by atoms with van der Waals surface area (Å²) in [5.74, 6) is -0.0203. The van der Waals surface area contributed by atoms with E-state index in [1.165, 1.54) is 0 Å². The number of pyridine rings is 1. The van der Waals surface area contributed by atoms with Gasteiger partial charge in [0.2, 0.25) is 0 Å². The minimum absolute atomic E-state index is 0.0456. The molecule has 3 nitrogen and oxygen atoms in total. The van der Waals surface area contributed by atoms with Crippen LogP contribution in [-0.4, -0.2) is 17.6 Å². The van der Waals surface area contributed by atoms with Gasteiger partial charge in [0.1, 0.15) is 0 Å². The largest absolute Gasteiger partial charge is 0.465 e. The summed E-state index contributed by atoms with van der Waals surface area (Å²) in [6, 6.07) is 3.87. The lowest BCUT2D eigenvalue weighted by molar-refractivity contribution is -0.141. The molecule has 0 bridgehead atoms. The molecular weight excluding hydrogens is 166 g/mol. The fourth-order valence-corrected chi connectivity index (χ4v) is 1.53. The van der Waals surface area contributed by atoms with Gasteiger partial charge in [0, 0.05) is 12.4 Å². The van der Waals surface area contributed by atoms with Crippen LogP contribution in [0.5, 0.6) is 0 Å². The highest BCUT2D eigenvalue weighted by molar-refractivity contribution is 5.74. The van der Waals surface area contributed by atoms with Gasteiger partial charge in [-0.25, -0.2) is 0 Å². The molecule has 1 atom stereocenters. The standard InChI is InChI=1S/C10H11NO2/c12-10-9(3-5-13-10)6-8-2-1-4-11-7-8/h1-2,4,7,9H,3,5-6H2. The number of carbonyl (C=O) groups is 1. The number of esters is 1. The summed E-state index contributed by atoms with van der Waals surface area (Å²) >= 11 is 0. The van der Waals surface area contributed by atoms with Crippen LogP contribution in [0, 0.1) is 5.92 Å². The molecule has 13 heavy (non-hydrogen) atoms. The van der Waals surface area contributed by atoms with Crippen LogP contribution in [0.1, 0.15) is 12.0 Å². The molecule has 0 amide bonds. The summed E-state index contributed by atoms with van der Waals surface area (Å²) < 4.78 is 4.88. The molecule has 1 unspecified atom stereocenters. The lowest BCUT2D eigenvalue weighted by atomic mass is 10.00. The second-order valence-corrected chi connectivity index (χ2v) is 3.22. The third-order valence-electron chi connectivity index (χ3n) is 2.25. The number of cyclic esters (lactones) is 1. The van der Waals surface area contributed by atoms with Crippen molar-refractivity contribution in [2.75, 3.05) is 6.61 Å². The maximum absolute atomic E-state index is 11.1. The van der Waals surface area contributed by atoms with Crippen molar-refractivity contribution in [2.24, 2.45) is 5.92 Å². The third-order valence-corrected chi connectivity index (χ3v) is 2.25. The number of aromatic nitrogens is 1. The summed E-state index contributed by atoms with van der Waals surface area (Å²) in [6.45, 7) is 0.573. The molecule has 2 rings (SSSR count). The first-order valence-corrected chi connectivity index (χ1v) is 4.42. The van der Waals surface area contributed by atoms with E-state index in [4.69, 9.17) is 4.74 Å². The van der Waals surface area contributed by atoms with E-state index in [0.29, 0.717) is 6.61 Å². The van der Waals surface area contributed by atoms with E-state index in [9.17, 15) is 4.79 Å². The second kappa shape index (κ2) is 3.56. The minimum Gasteiger partial charge on any atom is -0.465 e. The van der Waals surface area contributed by atoms with Crippen LogP contribution in [0.2, 0.25) is 0 Å². The molecule has 0 radical (unpaired) electrons. The molecule has 1 fully saturated rings. The first kappa shape index (κ1) is 8.23. The molecule has 1 aliphatic rings. The Morgan fingerprint density at radius 2 is 2.54 bits per heavy atom. The van der Waals surface area contributed by atoms with E-state index in [-0.39, 0.29) is 11.9 Å². The maximum atomic E-state index is 11.1. The summed E-state index contributed by atoms with van der Waals surface area (Å²) in [5, 5.41) is 0. The lowest BCUT2D eigenvalue weighted by Crippen LogP contribution is -2.10. The SMILES string of the molecule is O=C1OCCC1Cc1cccnc1. The highest BCUT2D eigenvalue weighted by atomic mass is 16.5. The predicted octanol–water partition coefficient (Wildman–Crippen LogP) is 1.19. The number of rotatable bonds is 2. The summed E-state index contributed by atoms with van der Waals surface area (Å²) in [7, 11) is 0. The van der Waals surface area contributed by atoms with Gasteiger partial charge in [-0.1, -0.05) is 6.07 Å². The first-order chi connectivity index (χ1) is 6.36. The zero-order valence-corrected chi connectivity index (χ0v) is 7.27. The van der Waals surface area contributed by atoms with E-state index in [2.05, 4.69) is 4.98 Å². The first-order valence-electron chi connectivity index (χ1n) is 4.42. The van der Waals surface area contributed by atoms with Crippen molar-refractivity contribution in [1.82, 2.24) is 4.98 Å². The maximum Gasteiger partial charge on any atom is 0.309 e. The molecule has 1 aromatic heterocycles. The van der Waals surface area contributed by atoms with Crippen molar-refractivity contribution in [2.45, 2.75) is 12.8 Å². The Bertz CT molecular complexity index is 297. The van der Waals surface area contributed by atoms with Gasteiger partial charge in [-0.15, -0.1) is 0 Å². The van der Waals surface area contributed by atoms with Crippen molar-refractivity contribution in [3.63, 3.8) is 0 Å². The lowest BCUT2D eigenvalue weighted by Gasteiger charge is -2.03. The Morgan fingerprint density at radius 1 is 1.62 bits per heavy atom. The van der Waals surface area contributed by atoms with Crippen molar-refractivity contribution < 1.29 is 9.53 Å². The average Bonchev–Trinajstić information content (AvgIpc) is 2.54. The summed E-state index contributed by atoms with van der Waals surface area (Å²) in [4.78, 5) is 15.1. The highest BCUT2D eigenvalue weighted by Crippen LogP contribution is 2.18. The van der Waals surface area contributed by atoms with Gasteiger partial charge in [0.05, 0.1) is 12.5 Å². The van der Waals surface area contributed by atoms with Crippen LogP contribution in [-0.2, 0) is 16.0 Å². The van der Waals surface area contributed by atoms with Gasteiger partial charge in [0.25, 0.3) is 0 Å². The van der Waals surface area contributed by atoms with Crippen molar-refractivity contribution in [3.8, 4) is 0 Å². The van der Waals surface area contributed by atoms with E-state index in [1.807, 2.05) is 12.1 Å². The smallest absolute Gasteiger partial charge is 0.309 e. The molecule has 0 saturated carbocycles. The molecule has 0 aromatic carbocycles. The van der Waals surface area contributed by atoms with Crippen LogP contribution < -0.4 is 0 Å². The molecule has 0 aliphatic carbocycles. The van der Waals surface area contributed by atoms with Crippen LogP contribution in [0.3, 0.4) is 0 Å². The Hall–Kier alpha value is -1.38. The van der Waals surface area contributed by atoms with Crippen molar-refractivity contribution in [3.05, 3.63) is 30.1 Å². The normalized spacial score (nSPS) is 21.5. The molecule has 1 aliphatic heterocycles. The van der Waals surface area contributed by atoms with Gasteiger partial charge < -0.3 is 4.74 Å². The van der Waals surface area contributed by atoms with Gasteiger partial charge >= 0.3 is 5.97 Å². The Balaban J connectivity index is 2.02. The Morgan fingerprint density at radius 3 is 3.15 bits per heavy atom. The fourth-order valence-electron chi connectivity index (χ4n) is 1.53. The van der Waals surface area contributed by atoms with Gasteiger partial charge in [-0.2, -0.15) is 0 Å². The minimum atomic E-state index is -0.0659. The van der Waals surface area contributed by atoms with Crippen LogP contribution in [0.4, 0.5) is 0 Å². The number of carbonyl (C=O) groups excluding carboxylic acids is 1. The number of nitrogens with zero attached hydrogens (tertiary/aromatic N) is 1. The van der Waals surface area contributed by atoms with E-state index in [1.54, 1.807) is 12.4 Å². The number of hydrogen-bond donors (Lipinski definition) is 0. The molecular formula is C10H11NO2. The zero-order valence-electron chi connectivity index (χ0n) is 7.27. The van der Waals surface area contributed by atoms with Gasteiger partial charge in [-0.3, -0.25) is 9.78 Å². The van der Waals surface area contributed by atoms with Crippen molar-refractivity contribution >= 4 is 5.97 Å².